The Morgan fingerprint density at radius 2 is 2.07 bits per heavy atom. The summed E-state index contributed by atoms with van der Waals surface area (Å²) in [5.74, 6) is 1.63. The Balaban J connectivity index is 1.66. The number of H-pyrrole nitrogens is 1. The van der Waals surface area contributed by atoms with E-state index in [0.717, 1.165) is 29.7 Å². The molecule has 27 heavy (non-hydrogen) atoms. The Kier molecular flexibility index (Phi) is 3.37. The molecule has 0 amide bonds. The summed E-state index contributed by atoms with van der Waals surface area (Å²) in [5.41, 5.74) is 2.51. The average Bonchev–Trinajstić information content (AvgIpc) is 3.29. The summed E-state index contributed by atoms with van der Waals surface area (Å²) in [6.45, 7) is 2.27. The van der Waals surface area contributed by atoms with Crippen molar-refractivity contribution in [2.24, 2.45) is 13.0 Å². The van der Waals surface area contributed by atoms with Gasteiger partial charge in [0, 0.05) is 30.5 Å². The summed E-state index contributed by atoms with van der Waals surface area (Å²) in [7, 11) is 1.99. The smallest absolute Gasteiger partial charge is 0.279 e. The number of rotatable bonds is 3. The first-order valence-electron chi connectivity index (χ1n) is 9.23. The Labute approximate surface area is 156 Å². The van der Waals surface area contributed by atoms with Crippen LogP contribution in [0.2, 0.25) is 0 Å². The maximum Gasteiger partial charge on any atom is 0.279 e. The molecule has 1 aromatic carbocycles. The first-order valence-corrected chi connectivity index (χ1v) is 9.23. The Hall–Kier alpha value is -3.15. The van der Waals surface area contributed by atoms with Crippen LogP contribution in [0, 0.1) is 5.92 Å². The molecule has 0 saturated heterocycles. The Bertz CT molecular complexity index is 1190. The predicted molar refractivity (Wildman–Crippen MR) is 104 cm³/mol. The summed E-state index contributed by atoms with van der Waals surface area (Å²) in [5, 5.41) is 9.44. The number of fused-ring (bicyclic) bond motifs is 1. The zero-order chi connectivity index (χ0) is 18.6. The van der Waals surface area contributed by atoms with Crippen molar-refractivity contribution in [2.45, 2.75) is 25.2 Å². The first kappa shape index (κ1) is 16.1. The third kappa shape index (κ3) is 2.29. The standard InChI is InChI=1S/C21H21N5O/c1-14-11-21(12-14,20-24-23-13-25(20)2)16-4-3-5-17(10-16)26-9-7-15-6-8-22-18(15)19(26)27/h3-10,13-14,22H,11-12H2,1-2H3/t14-,21+. The number of aromatic amines is 1. The topological polar surface area (TPSA) is 68.5 Å². The molecule has 0 bridgehead atoms. The third-order valence-corrected chi connectivity index (χ3v) is 5.83. The molecule has 4 aromatic rings. The largest absolute Gasteiger partial charge is 0.357 e. The number of nitrogens with one attached hydrogen (secondary N) is 1. The van der Waals surface area contributed by atoms with Gasteiger partial charge in [-0.15, -0.1) is 10.2 Å². The van der Waals surface area contributed by atoms with E-state index in [0.29, 0.717) is 11.4 Å². The SMILES string of the molecule is Cn1cnnc1[C@]1(c2cccc(-n3ccc4cc[nH]c4c3=O)c2)C[C@H](C)C1. The van der Waals surface area contributed by atoms with E-state index in [1.807, 2.05) is 42.1 Å². The second-order valence-corrected chi connectivity index (χ2v) is 7.71. The average molecular weight is 359 g/mol. The van der Waals surface area contributed by atoms with Gasteiger partial charge in [-0.1, -0.05) is 19.1 Å². The van der Waals surface area contributed by atoms with Gasteiger partial charge in [0.15, 0.2) is 0 Å². The molecule has 1 saturated carbocycles. The van der Waals surface area contributed by atoms with Crippen molar-refractivity contribution < 1.29 is 0 Å². The molecule has 5 rings (SSSR count). The molecule has 3 aromatic heterocycles. The molecule has 3 heterocycles. The van der Waals surface area contributed by atoms with Gasteiger partial charge in [-0.25, -0.2) is 0 Å². The Morgan fingerprint density at radius 1 is 1.22 bits per heavy atom. The van der Waals surface area contributed by atoms with E-state index in [1.54, 1.807) is 17.1 Å². The molecule has 1 N–H and O–H groups in total. The zero-order valence-electron chi connectivity index (χ0n) is 15.4. The van der Waals surface area contributed by atoms with Gasteiger partial charge < -0.3 is 9.55 Å². The third-order valence-electron chi connectivity index (χ3n) is 5.83. The number of aromatic nitrogens is 5. The van der Waals surface area contributed by atoms with Crippen LogP contribution in [0.3, 0.4) is 0 Å². The van der Waals surface area contributed by atoms with E-state index in [9.17, 15) is 4.79 Å². The molecule has 0 aliphatic heterocycles. The van der Waals surface area contributed by atoms with E-state index in [2.05, 4.69) is 34.2 Å². The van der Waals surface area contributed by atoms with E-state index in [1.165, 1.54) is 5.56 Å². The number of pyridine rings is 1. The molecular weight excluding hydrogens is 338 g/mol. The molecular formula is C21H21N5O. The molecule has 0 atom stereocenters. The lowest BCUT2D eigenvalue weighted by molar-refractivity contribution is 0.185. The molecule has 1 fully saturated rings. The fraction of sp³-hybridized carbons (Fsp3) is 0.286. The molecule has 6 heteroatoms. The number of hydrogen-bond donors (Lipinski definition) is 1. The van der Waals surface area contributed by atoms with Crippen LogP contribution in [0.25, 0.3) is 16.6 Å². The molecule has 0 unspecified atom stereocenters. The molecule has 0 radical (unpaired) electrons. The maximum atomic E-state index is 12.9. The maximum absolute atomic E-state index is 12.9. The molecule has 1 aliphatic carbocycles. The van der Waals surface area contributed by atoms with Crippen LogP contribution in [0.15, 0.2) is 59.9 Å². The summed E-state index contributed by atoms with van der Waals surface area (Å²) < 4.78 is 3.71. The highest BCUT2D eigenvalue weighted by atomic mass is 16.1. The fourth-order valence-corrected chi connectivity index (χ4v) is 4.60. The molecule has 136 valence electrons. The second kappa shape index (κ2) is 5.67. The van der Waals surface area contributed by atoms with Gasteiger partial charge in [0.25, 0.3) is 5.56 Å². The van der Waals surface area contributed by atoms with Crippen molar-refractivity contribution in [1.29, 1.82) is 0 Å². The minimum atomic E-state index is -0.138. The van der Waals surface area contributed by atoms with Crippen molar-refractivity contribution in [3.05, 3.63) is 76.9 Å². The van der Waals surface area contributed by atoms with Gasteiger partial charge in [-0.05, 0) is 48.6 Å². The van der Waals surface area contributed by atoms with Crippen LogP contribution < -0.4 is 5.56 Å². The number of nitrogens with zero attached hydrogens (tertiary/aromatic N) is 4. The zero-order valence-corrected chi connectivity index (χ0v) is 15.4. The van der Waals surface area contributed by atoms with Crippen LogP contribution in [0.5, 0.6) is 0 Å². The lowest BCUT2D eigenvalue weighted by atomic mass is 9.58. The van der Waals surface area contributed by atoms with E-state index in [-0.39, 0.29) is 11.0 Å². The van der Waals surface area contributed by atoms with Gasteiger partial charge in [0.05, 0.1) is 5.41 Å². The van der Waals surface area contributed by atoms with Crippen LogP contribution in [-0.4, -0.2) is 24.3 Å². The van der Waals surface area contributed by atoms with Gasteiger partial charge in [-0.2, -0.15) is 0 Å². The van der Waals surface area contributed by atoms with Gasteiger partial charge in [0.2, 0.25) is 0 Å². The van der Waals surface area contributed by atoms with Gasteiger partial charge in [-0.3, -0.25) is 9.36 Å². The van der Waals surface area contributed by atoms with Crippen molar-refractivity contribution >= 4 is 10.9 Å². The first-order chi connectivity index (χ1) is 13.1. The minimum Gasteiger partial charge on any atom is -0.357 e. The number of aryl methyl sites for hydroxylation is 1. The molecule has 0 spiro atoms. The summed E-state index contributed by atoms with van der Waals surface area (Å²) in [6.07, 6.45) is 7.47. The summed E-state index contributed by atoms with van der Waals surface area (Å²) in [6, 6.07) is 12.1. The van der Waals surface area contributed by atoms with Gasteiger partial charge >= 0.3 is 0 Å². The van der Waals surface area contributed by atoms with Crippen molar-refractivity contribution in [3.63, 3.8) is 0 Å². The highest BCUT2D eigenvalue weighted by molar-refractivity contribution is 5.78. The lowest BCUT2D eigenvalue weighted by Crippen LogP contribution is -2.43. The number of benzene rings is 1. The van der Waals surface area contributed by atoms with Crippen molar-refractivity contribution in [3.8, 4) is 5.69 Å². The van der Waals surface area contributed by atoms with Crippen LogP contribution in [0.4, 0.5) is 0 Å². The minimum absolute atomic E-state index is 0.0377. The summed E-state index contributed by atoms with van der Waals surface area (Å²) >= 11 is 0. The number of hydrogen-bond acceptors (Lipinski definition) is 3. The summed E-state index contributed by atoms with van der Waals surface area (Å²) in [4.78, 5) is 15.9. The highest BCUT2D eigenvalue weighted by Crippen LogP contribution is 2.51. The van der Waals surface area contributed by atoms with Crippen LogP contribution in [0.1, 0.15) is 31.2 Å². The molecule has 6 nitrogen and oxygen atoms in total. The highest BCUT2D eigenvalue weighted by Gasteiger charge is 2.48. The van der Waals surface area contributed by atoms with Crippen LogP contribution in [-0.2, 0) is 12.5 Å². The van der Waals surface area contributed by atoms with Gasteiger partial charge in [0.1, 0.15) is 17.7 Å². The Morgan fingerprint density at radius 3 is 2.81 bits per heavy atom. The lowest BCUT2D eigenvalue weighted by Gasteiger charge is -2.46. The quantitative estimate of drug-likeness (QED) is 0.611. The fourth-order valence-electron chi connectivity index (χ4n) is 4.60. The van der Waals surface area contributed by atoms with Crippen LogP contribution >= 0.6 is 0 Å². The van der Waals surface area contributed by atoms with E-state index < -0.39 is 0 Å². The van der Waals surface area contributed by atoms with Crippen molar-refractivity contribution in [1.82, 2.24) is 24.3 Å². The van der Waals surface area contributed by atoms with Crippen molar-refractivity contribution in [2.75, 3.05) is 0 Å². The monoisotopic (exact) mass is 359 g/mol. The molecule has 1 aliphatic rings. The van der Waals surface area contributed by atoms with E-state index in [4.69, 9.17) is 0 Å². The second-order valence-electron chi connectivity index (χ2n) is 7.71. The van der Waals surface area contributed by atoms with E-state index >= 15 is 0 Å². The normalized spacial score (nSPS) is 22.1. The predicted octanol–water partition coefficient (Wildman–Crippen LogP) is 3.16.